The molecule has 1 fully saturated rings. The van der Waals surface area contributed by atoms with Gasteiger partial charge in [0.1, 0.15) is 19.0 Å². The first-order valence-electron chi connectivity index (χ1n) is 4.57. The summed E-state index contributed by atoms with van der Waals surface area (Å²) in [4.78, 5) is 11.2. The molecule has 74 valence electrons. The van der Waals surface area contributed by atoms with E-state index < -0.39 is 6.10 Å². The number of hydrogen-bond acceptors (Lipinski definition) is 3. The first kappa shape index (κ1) is 9.37. The third-order valence-electron chi connectivity index (χ3n) is 2.30. The van der Waals surface area contributed by atoms with Gasteiger partial charge in [-0.05, 0) is 12.5 Å². The smallest absolute Gasteiger partial charge is 0.161 e. The maximum Gasteiger partial charge on any atom is 0.161 e. The molecule has 0 saturated carbocycles. The summed E-state index contributed by atoms with van der Waals surface area (Å²) in [6.07, 6.45) is -0.689. The van der Waals surface area contributed by atoms with Crippen LogP contribution >= 0.6 is 0 Å². The van der Waals surface area contributed by atoms with Crippen molar-refractivity contribution in [1.82, 2.24) is 0 Å². The van der Waals surface area contributed by atoms with Crippen LogP contribution in [0.1, 0.15) is 18.6 Å². The van der Waals surface area contributed by atoms with E-state index in [0.717, 1.165) is 5.56 Å². The summed E-state index contributed by atoms with van der Waals surface area (Å²) in [7, 11) is 0. The van der Waals surface area contributed by atoms with E-state index in [1.54, 1.807) is 0 Å². The predicted molar refractivity (Wildman–Crippen MR) is 50.7 cm³/mol. The van der Waals surface area contributed by atoms with Gasteiger partial charge in [-0.3, -0.25) is 4.79 Å². The van der Waals surface area contributed by atoms with Crippen LogP contribution in [0, 0.1) is 0 Å². The molecule has 0 N–H and O–H groups in total. The maximum atomic E-state index is 11.2. The lowest BCUT2D eigenvalue weighted by molar-refractivity contribution is -0.126. The van der Waals surface area contributed by atoms with Gasteiger partial charge in [0.25, 0.3) is 0 Å². The fourth-order valence-electron chi connectivity index (χ4n) is 1.60. The maximum absolute atomic E-state index is 11.2. The van der Waals surface area contributed by atoms with Gasteiger partial charge in [0.05, 0.1) is 0 Å². The van der Waals surface area contributed by atoms with Crippen molar-refractivity contribution in [2.45, 2.75) is 19.1 Å². The summed E-state index contributed by atoms with van der Waals surface area (Å²) in [6, 6.07) is 9.66. The zero-order chi connectivity index (χ0) is 9.97. The lowest BCUT2D eigenvalue weighted by atomic mass is 10.0. The van der Waals surface area contributed by atoms with Gasteiger partial charge in [-0.25, -0.2) is 0 Å². The SMILES string of the molecule is CC(=O)C1OCOC1c1ccccc1. The van der Waals surface area contributed by atoms with Crippen molar-refractivity contribution in [3.63, 3.8) is 0 Å². The molecule has 0 aliphatic carbocycles. The van der Waals surface area contributed by atoms with Gasteiger partial charge in [-0.2, -0.15) is 0 Å². The van der Waals surface area contributed by atoms with Gasteiger partial charge in [-0.15, -0.1) is 0 Å². The Morgan fingerprint density at radius 2 is 2.00 bits per heavy atom. The molecule has 3 heteroatoms. The molecule has 14 heavy (non-hydrogen) atoms. The fraction of sp³-hybridized carbons (Fsp3) is 0.364. The van der Waals surface area contributed by atoms with Crippen LogP contribution in [-0.4, -0.2) is 18.7 Å². The standard InChI is InChI=1S/C11H12O3/c1-8(12)10-11(14-7-13-10)9-5-3-2-4-6-9/h2-6,10-11H,7H2,1H3. The number of hydrogen-bond donors (Lipinski definition) is 0. The van der Waals surface area contributed by atoms with Crippen LogP contribution < -0.4 is 0 Å². The lowest BCUT2D eigenvalue weighted by Crippen LogP contribution is -2.23. The van der Waals surface area contributed by atoms with Gasteiger partial charge in [0.2, 0.25) is 0 Å². The van der Waals surface area contributed by atoms with Crippen molar-refractivity contribution in [2.24, 2.45) is 0 Å². The molecular weight excluding hydrogens is 180 g/mol. The molecule has 0 amide bonds. The molecule has 1 aliphatic heterocycles. The molecule has 1 aliphatic rings. The highest BCUT2D eigenvalue weighted by atomic mass is 16.7. The van der Waals surface area contributed by atoms with Crippen molar-refractivity contribution < 1.29 is 14.3 Å². The van der Waals surface area contributed by atoms with Gasteiger partial charge >= 0.3 is 0 Å². The second kappa shape index (κ2) is 3.90. The Morgan fingerprint density at radius 1 is 1.29 bits per heavy atom. The van der Waals surface area contributed by atoms with E-state index in [4.69, 9.17) is 9.47 Å². The summed E-state index contributed by atoms with van der Waals surface area (Å²) in [5, 5.41) is 0. The molecule has 1 heterocycles. The summed E-state index contributed by atoms with van der Waals surface area (Å²) >= 11 is 0. The zero-order valence-corrected chi connectivity index (χ0v) is 7.97. The average molecular weight is 192 g/mol. The summed E-state index contributed by atoms with van der Waals surface area (Å²) in [5.41, 5.74) is 0.991. The van der Waals surface area contributed by atoms with Crippen LogP contribution in [0.25, 0.3) is 0 Å². The number of carbonyl (C=O) groups is 1. The molecule has 2 atom stereocenters. The Bertz CT molecular complexity index is 321. The molecule has 0 radical (unpaired) electrons. The van der Waals surface area contributed by atoms with Gasteiger partial charge < -0.3 is 9.47 Å². The number of benzene rings is 1. The Hall–Kier alpha value is -1.19. The summed E-state index contributed by atoms with van der Waals surface area (Å²) in [5.74, 6) is 0.0105. The number of carbonyl (C=O) groups excluding carboxylic acids is 1. The van der Waals surface area contributed by atoms with E-state index in [1.807, 2.05) is 30.3 Å². The number of ketones is 1. The van der Waals surface area contributed by atoms with E-state index in [-0.39, 0.29) is 18.7 Å². The first-order chi connectivity index (χ1) is 6.79. The minimum atomic E-state index is -0.447. The van der Waals surface area contributed by atoms with Crippen molar-refractivity contribution in [1.29, 1.82) is 0 Å². The normalized spacial score (nSPS) is 26.4. The molecule has 2 unspecified atom stereocenters. The van der Waals surface area contributed by atoms with Crippen LogP contribution in [0.3, 0.4) is 0 Å². The largest absolute Gasteiger partial charge is 0.344 e. The van der Waals surface area contributed by atoms with E-state index in [0.29, 0.717) is 0 Å². The number of Topliss-reactive ketones (excluding diaryl/α,β-unsaturated/α-hetero) is 1. The fourth-order valence-corrected chi connectivity index (χ4v) is 1.60. The minimum Gasteiger partial charge on any atom is -0.344 e. The summed E-state index contributed by atoms with van der Waals surface area (Å²) < 4.78 is 10.6. The van der Waals surface area contributed by atoms with Crippen molar-refractivity contribution in [3.8, 4) is 0 Å². The Labute approximate surface area is 82.6 Å². The van der Waals surface area contributed by atoms with E-state index >= 15 is 0 Å². The van der Waals surface area contributed by atoms with E-state index in [9.17, 15) is 4.79 Å². The molecule has 0 aromatic heterocycles. The molecule has 1 aromatic carbocycles. The zero-order valence-electron chi connectivity index (χ0n) is 7.97. The third-order valence-corrected chi connectivity index (χ3v) is 2.30. The van der Waals surface area contributed by atoms with E-state index in [1.165, 1.54) is 6.92 Å². The van der Waals surface area contributed by atoms with Crippen molar-refractivity contribution in [3.05, 3.63) is 35.9 Å². The van der Waals surface area contributed by atoms with Crippen molar-refractivity contribution in [2.75, 3.05) is 6.79 Å². The van der Waals surface area contributed by atoms with Crippen LogP contribution in [0.15, 0.2) is 30.3 Å². The Balaban J connectivity index is 2.22. The second-order valence-corrected chi connectivity index (χ2v) is 3.31. The topological polar surface area (TPSA) is 35.5 Å². The molecule has 2 rings (SSSR count). The monoisotopic (exact) mass is 192 g/mol. The van der Waals surface area contributed by atoms with Crippen LogP contribution in [-0.2, 0) is 14.3 Å². The number of rotatable bonds is 2. The lowest BCUT2D eigenvalue weighted by Gasteiger charge is -2.13. The van der Waals surface area contributed by atoms with Gasteiger partial charge in [0, 0.05) is 0 Å². The second-order valence-electron chi connectivity index (χ2n) is 3.31. The summed E-state index contributed by atoms with van der Waals surface area (Å²) in [6.45, 7) is 1.72. The molecule has 0 bridgehead atoms. The molecule has 1 saturated heterocycles. The Kier molecular flexibility index (Phi) is 2.61. The average Bonchev–Trinajstić information content (AvgIpc) is 2.67. The van der Waals surface area contributed by atoms with Crippen LogP contribution in [0.4, 0.5) is 0 Å². The van der Waals surface area contributed by atoms with Crippen LogP contribution in [0.5, 0.6) is 0 Å². The van der Waals surface area contributed by atoms with Crippen LogP contribution in [0.2, 0.25) is 0 Å². The van der Waals surface area contributed by atoms with Gasteiger partial charge in [-0.1, -0.05) is 30.3 Å². The molecule has 0 spiro atoms. The van der Waals surface area contributed by atoms with E-state index in [2.05, 4.69) is 0 Å². The molecular formula is C11H12O3. The van der Waals surface area contributed by atoms with Gasteiger partial charge in [0.15, 0.2) is 5.78 Å². The highest BCUT2D eigenvalue weighted by molar-refractivity contribution is 5.81. The molecule has 1 aromatic rings. The quantitative estimate of drug-likeness (QED) is 0.715. The Morgan fingerprint density at radius 3 is 2.64 bits per heavy atom. The minimum absolute atomic E-state index is 0.0105. The van der Waals surface area contributed by atoms with Crippen molar-refractivity contribution >= 4 is 5.78 Å². The molecule has 3 nitrogen and oxygen atoms in total. The third kappa shape index (κ3) is 1.69. The number of ether oxygens (including phenoxy) is 2. The predicted octanol–water partition coefficient (Wildman–Crippen LogP) is 1.69. The highest BCUT2D eigenvalue weighted by Gasteiger charge is 2.33. The first-order valence-corrected chi connectivity index (χ1v) is 4.57. The highest BCUT2D eigenvalue weighted by Crippen LogP contribution is 2.28.